The van der Waals surface area contributed by atoms with Crippen LogP contribution < -0.4 is 5.73 Å². The Labute approximate surface area is 83.0 Å². The first-order valence-corrected chi connectivity index (χ1v) is 4.66. The van der Waals surface area contributed by atoms with E-state index >= 15 is 0 Å². The van der Waals surface area contributed by atoms with Gasteiger partial charge in [0.15, 0.2) is 0 Å². The lowest BCUT2D eigenvalue weighted by atomic mass is 10.1. The zero-order valence-electron chi connectivity index (χ0n) is 7.90. The Hall–Kier alpha value is -1.77. The van der Waals surface area contributed by atoms with Crippen LogP contribution in [-0.4, -0.2) is 9.97 Å². The van der Waals surface area contributed by atoms with Crippen molar-refractivity contribution < 1.29 is 0 Å². The van der Waals surface area contributed by atoms with E-state index in [1.807, 2.05) is 18.3 Å². The number of aryl methyl sites for hydroxylation is 2. The number of nitrogens with one attached hydrogen (secondary N) is 1. The number of H-pyrrole nitrogens is 1. The van der Waals surface area contributed by atoms with Gasteiger partial charge in [0.05, 0.1) is 12.0 Å². The number of anilines is 1. The average Bonchev–Trinajstić information content (AvgIpc) is 2.70. The van der Waals surface area contributed by atoms with Gasteiger partial charge in [0, 0.05) is 11.9 Å². The second kappa shape index (κ2) is 3.96. The number of nitrogens with zero attached hydrogens (tertiary/aromatic N) is 1. The molecule has 0 spiro atoms. The van der Waals surface area contributed by atoms with E-state index in [4.69, 9.17) is 5.73 Å². The van der Waals surface area contributed by atoms with Crippen molar-refractivity contribution in [1.82, 2.24) is 9.97 Å². The molecular weight excluding hydrogens is 174 g/mol. The van der Waals surface area contributed by atoms with Crippen molar-refractivity contribution in [3.63, 3.8) is 0 Å². The predicted molar refractivity (Wildman–Crippen MR) is 56.9 cm³/mol. The molecule has 0 amide bonds. The van der Waals surface area contributed by atoms with Crippen LogP contribution in [0, 0.1) is 0 Å². The summed E-state index contributed by atoms with van der Waals surface area (Å²) in [6.45, 7) is 0. The Morgan fingerprint density at radius 2 is 1.93 bits per heavy atom. The third-order valence-corrected chi connectivity index (χ3v) is 2.20. The molecule has 0 atom stereocenters. The largest absolute Gasteiger partial charge is 0.399 e. The van der Waals surface area contributed by atoms with Crippen molar-refractivity contribution in [1.29, 1.82) is 0 Å². The third-order valence-electron chi connectivity index (χ3n) is 2.20. The van der Waals surface area contributed by atoms with Gasteiger partial charge in [-0.3, -0.25) is 0 Å². The van der Waals surface area contributed by atoms with Gasteiger partial charge in [-0.25, -0.2) is 4.98 Å². The molecule has 1 aromatic heterocycles. The Kier molecular flexibility index (Phi) is 2.49. The highest BCUT2D eigenvalue weighted by atomic mass is 14.9. The van der Waals surface area contributed by atoms with Crippen molar-refractivity contribution in [3.8, 4) is 0 Å². The van der Waals surface area contributed by atoms with Gasteiger partial charge >= 0.3 is 0 Å². The molecule has 1 heterocycles. The van der Waals surface area contributed by atoms with E-state index in [1.54, 1.807) is 6.33 Å². The average molecular weight is 187 g/mol. The number of aromatic nitrogens is 2. The number of nitrogens with two attached hydrogens (primary N) is 1. The summed E-state index contributed by atoms with van der Waals surface area (Å²) in [5.74, 6) is 0. The van der Waals surface area contributed by atoms with E-state index in [9.17, 15) is 0 Å². The summed E-state index contributed by atoms with van der Waals surface area (Å²) in [7, 11) is 0. The predicted octanol–water partition coefficient (Wildman–Crippen LogP) is 1.78. The molecule has 0 fully saturated rings. The summed E-state index contributed by atoms with van der Waals surface area (Å²) in [6, 6.07) is 7.98. The van der Waals surface area contributed by atoms with Crippen molar-refractivity contribution in [3.05, 3.63) is 48.0 Å². The minimum Gasteiger partial charge on any atom is -0.399 e. The fourth-order valence-corrected chi connectivity index (χ4v) is 1.38. The number of aromatic amines is 1. The van der Waals surface area contributed by atoms with Gasteiger partial charge in [0.25, 0.3) is 0 Å². The summed E-state index contributed by atoms with van der Waals surface area (Å²) in [5, 5.41) is 0. The van der Waals surface area contributed by atoms with Gasteiger partial charge in [0.2, 0.25) is 0 Å². The van der Waals surface area contributed by atoms with Gasteiger partial charge in [-0.1, -0.05) is 12.1 Å². The lowest BCUT2D eigenvalue weighted by Gasteiger charge is -1.99. The van der Waals surface area contributed by atoms with Crippen LogP contribution in [0.2, 0.25) is 0 Å². The van der Waals surface area contributed by atoms with Crippen LogP contribution in [0.3, 0.4) is 0 Å². The molecule has 0 aliphatic carbocycles. The Balaban J connectivity index is 1.95. The third kappa shape index (κ3) is 2.13. The first-order valence-electron chi connectivity index (χ1n) is 4.66. The maximum atomic E-state index is 5.60. The molecule has 3 N–H and O–H groups in total. The molecule has 0 bridgehead atoms. The highest BCUT2D eigenvalue weighted by Gasteiger charge is 1.96. The molecule has 14 heavy (non-hydrogen) atoms. The second-order valence-corrected chi connectivity index (χ2v) is 3.30. The van der Waals surface area contributed by atoms with Crippen LogP contribution in [0.25, 0.3) is 0 Å². The van der Waals surface area contributed by atoms with E-state index in [1.165, 1.54) is 5.56 Å². The number of hydrogen-bond acceptors (Lipinski definition) is 2. The lowest BCUT2D eigenvalue weighted by Crippen LogP contribution is -1.92. The molecule has 0 radical (unpaired) electrons. The molecule has 3 heteroatoms. The Morgan fingerprint density at radius 1 is 1.14 bits per heavy atom. The standard InChI is InChI=1S/C11H13N3/c12-10-4-1-9(2-5-10)3-6-11-7-13-8-14-11/h1-2,4-5,7-8H,3,6,12H2,(H,13,14). The summed E-state index contributed by atoms with van der Waals surface area (Å²) < 4.78 is 0. The minimum absolute atomic E-state index is 0.813. The van der Waals surface area contributed by atoms with Gasteiger partial charge in [0.1, 0.15) is 0 Å². The van der Waals surface area contributed by atoms with Gasteiger partial charge in [-0.05, 0) is 30.5 Å². The SMILES string of the molecule is Nc1ccc(CCc2c[nH]cn2)cc1. The fraction of sp³-hybridized carbons (Fsp3) is 0.182. The van der Waals surface area contributed by atoms with E-state index < -0.39 is 0 Å². The van der Waals surface area contributed by atoms with Crippen molar-refractivity contribution in [2.24, 2.45) is 0 Å². The number of benzene rings is 1. The molecular formula is C11H13N3. The number of nitrogen functional groups attached to an aromatic ring is 1. The quantitative estimate of drug-likeness (QED) is 0.719. The van der Waals surface area contributed by atoms with Crippen LogP contribution in [0.4, 0.5) is 5.69 Å². The number of imidazole rings is 1. The molecule has 1 aromatic carbocycles. The molecule has 2 rings (SSSR count). The molecule has 0 saturated carbocycles. The maximum absolute atomic E-state index is 5.60. The molecule has 0 saturated heterocycles. The molecule has 72 valence electrons. The van der Waals surface area contributed by atoms with E-state index in [0.29, 0.717) is 0 Å². The van der Waals surface area contributed by atoms with Crippen molar-refractivity contribution in [2.75, 3.05) is 5.73 Å². The highest BCUT2D eigenvalue weighted by Crippen LogP contribution is 2.08. The van der Waals surface area contributed by atoms with Crippen LogP contribution in [0.15, 0.2) is 36.8 Å². The zero-order chi connectivity index (χ0) is 9.80. The van der Waals surface area contributed by atoms with Gasteiger partial charge < -0.3 is 10.7 Å². The molecule has 0 aliphatic heterocycles. The number of rotatable bonds is 3. The normalized spacial score (nSPS) is 10.3. The van der Waals surface area contributed by atoms with Crippen LogP contribution in [0.1, 0.15) is 11.3 Å². The van der Waals surface area contributed by atoms with Crippen LogP contribution in [-0.2, 0) is 12.8 Å². The highest BCUT2D eigenvalue weighted by molar-refractivity contribution is 5.39. The maximum Gasteiger partial charge on any atom is 0.0923 e. The second-order valence-electron chi connectivity index (χ2n) is 3.30. The van der Waals surface area contributed by atoms with Crippen LogP contribution in [0.5, 0.6) is 0 Å². The summed E-state index contributed by atoms with van der Waals surface area (Å²) >= 11 is 0. The smallest absolute Gasteiger partial charge is 0.0923 e. The Morgan fingerprint density at radius 3 is 2.57 bits per heavy atom. The number of hydrogen-bond donors (Lipinski definition) is 2. The summed E-state index contributed by atoms with van der Waals surface area (Å²) in [6.07, 6.45) is 5.61. The van der Waals surface area contributed by atoms with E-state index in [0.717, 1.165) is 24.2 Å². The topological polar surface area (TPSA) is 54.7 Å². The zero-order valence-corrected chi connectivity index (χ0v) is 7.90. The fourth-order valence-electron chi connectivity index (χ4n) is 1.38. The van der Waals surface area contributed by atoms with Crippen molar-refractivity contribution >= 4 is 5.69 Å². The molecule has 0 unspecified atom stereocenters. The molecule has 0 aliphatic rings. The molecule has 3 nitrogen and oxygen atoms in total. The first-order chi connectivity index (χ1) is 6.84. The van der Waals surface area contributed by atoms with Gasteiger partial charge in [-0.2, -0.15) is 0 Å². The van der Waals surface area contributed by atoms with Crippen LogP contribution >= 0.6 is 0 Å². The van der Waals surface area contributed by atoms with Gasteiger partial charge in [-0.15, -0.1) is 0 Å². The summed E-state index contributed by atoms with van der Waals surface area (Å²) in [5.41, 5.74) is 8.81. The molecule has 2 aromatic rings. The van der Waals surface area contributed by atoms with Crippen molar-refractivity contribution in [2.45, 2.75) is 12.8 Å². The summed E-state index contributed by atoms with van der Waals surface area (Å²) in [4.78, 5) is 7.11. The minimum atomic E-state index is 0.813. The lowest BCUT2D eigenvalue weighted by molar-refractivity contribution is 0.926. The van der Waals surface area contributed by atoms with E-state index in [2.05, 4.69) is 22.1 Å². The van der Waals surface area contributed by atoms with E-state index in [-0.39, 0.29) is 0 Å². The first kappa shape index (κ1) is 8.81. The monoisotopic (exact) mass is 187 g/mol. The Bertz CT molecular complexity index is 375.